The normalized spacial score (nSPS) is 9.94. The predicted molar refractivity (Wildman–Crippen MR) is 65.5 cm³/mol. The van der Waals surface area contributed by atoms with Crippen LogP contribution in [0.1, 0.15) is 10.4 Å². The highest BCUT2D eigenvalue weighted by atomic mass is 16.5. The third-order valence-electron chi connectivity index (χ3n) is 2.57. The molecular formula is C14H12O3. The van der Waals surface area contributed by atoms with Crippen LogP contribution in [0.25, 0.3) is 11.1 Å². The molecule has 86 valence electrons. The Kier molecular flexibility index (Phi) is 3.10. The summed E-state index contributed by atoms with van der Waals surface area (Å²) in [5, 5.41) is 9.80. The van der Waals surface area contributed by atoms with Gasteiger partial charge in [0.15, 0.2) is 6.29 Å². The van der Waals surface area contributed by atoms with Crippen LogP contribution >= 0.6 is 0 Å². The second kappa shape index (κ2) is 4.70. The number of phenolic OH excluding ortho intramolecular Hbond substituents is 1. The summed E-state index contributed by atoms with van der Waals surface area (Å²) in [6.45, 7) is 0. The van der Waals surface area contributed by atoms with Crippen molar-refractivity contribution in [2.75, 3.05) is 7.11 Å². The lowest BCUT2D eigenvalue weighted by Gasteiger charge is -2.11. The number of rotatable bonds is 3. The van der Waals surface area contributed by atoms with Gasteiger partial charge in [-0.25, -0.2) is 0 Å². The number of hydrogen-bond acceptors (Lipinski definition) is 3. The van der Waals surface area contributed by atoms with Crippen molar-refractivity contribution in [3.05, 3.63) is 48.0 Å². The number of hydrogen-bond donors (Lipinski definition) is 1. The Hall–Kier alpha value is -2.29. The summed E-state index contributed by atoms with van der Waals surface area (Å²) in [4.78, 5) is 10.9. The van der Waals surface area contributed by atoms with Gasteiger partial charge in [0.2, 0.25) is 0 Å². The fourth-order valence-electron chi connectivity index (χ4n) is 1.79. The molecule has 2 aromatic carbocycles. The number of aldehydes is 1. The molecule has 3 heteroatoms. The van der Waals surface area contributed by atoms with E-state index in [4.69, 9.17) is 4.74 Å². The van der Waals surface area contributed by atoms with Gasteiger partial charge in [0.1, 0.15) is 11.5 Å². The highest BCUT2D eigenvalue weighted by Gasteiger charge is 2.12. The van der Waals surface area contributed by atoms with Crippen LogP contribution < -0.4 is 4.74 Å². The maximum absolute atomic E-state index is 10.9. The highest BCUT2D eigenvalue weighted by molar-refractivity contribution is 5.87. The van der Waals surface area contributed by atoms with E-state index in [0.717, 1.165) is 6.29 Å². The molecule has 3 nitrogen and oxygen atoms in total. The second-order valence-corrected chi connectivity index (χ2v) is 3.56. The van der Waals surface area contributed by atoms with Gasteiger partial charge in [0.25, 0.3) is 0 Å². The standard InChI is InChI=1S/C14H12O3/c1-17-14-10(9-15)5-4-7-12(14)11-6-2-3-8-13(11)16/h2-9,16H,1H3. The molecule has 0 unspecified atom stereocenters. The van der Waals surface area contributed by atoms with Crippen molar-refractivity contribution in [2.24, 2.45) is 0 Å². The van der Waals surface area contributed by atoms with Crippen LogP contribution in [-0.4, -0.2) is 18.5 Å². The number of carbonyl (C=O) groups excluding carboxylic acids is 1. The molecule has 0 bridgehead atoms. The maximum atomic E-state index is 10.9. The minimum absolute atomic E-state index is 0.161. The Morgan fingerprint density at radius 1 is 1.06 bits per heavy atom. The van der Waals surface area contributed by atoms with E-state index in [-0.39, 0.29) is 5.75 Å². The zero-order valence-electron chi connectivity index (χ0n) is 9.38. The minimum Gasteiger partial charge on any atom is -0.507 e. The third kappa shape index (κ3) is 1.99. The summed E-state index contributed by atoms with van der Waals surface area (Å²) >= 11 is 0. The average Bonchev–Trinajstić information content (AvgIpc) is 2.38. The molecule has 0 heterocycles. The summed E-state index contributed by atoms with van der Waals surface area (Å²) in [6, 6.07) is 12.2. The number of carbonyl (C=O) groups is 1. The Morgan fingerprint density at radius 2 is 1.76 bits per heavy atom. The quantitative estimate of drug-likeness (QED) is 0.821. The maximum Gasteiger partial charge on any atom is 0.153 e. The first-order valence-corrected chi connectivity index (χ1v) is 5.18. The van der Waals surface area contributed by atoms with Gasteiger partial charge in [-0.2, -0.15) is 0 Å². The summed E-state index contributed by atoms with van der Waals surface area (Å²) in [5.74, 6) is 0.637. The van der Waals surface area contributed by atoms with E-state index in [2.05, 4.69) is 0 Å². The lowest BCUT2D eigenvalue weighted by atomic mass is 10.0. The summed E-state index contributed by atoms with van der Waals surface area (Å²) in [5.41, 5.74) is 1.82. The first-order valence-electron chi connectivity index (χ1n) is 5.18. The number of benzene rings is 2. The monoisotopic (exact) mass is 228 g/mol. The fraction of sp³-hybridized carbons (Fsp3) is 0.0714. The summed E-state index contributed by atoms with van der Waals surface area (Å²) in [6.07, 6.45) is 0.738. The number of methoxy groups -OCH3 is 1. The Bertz CT molecular complexity index is 547. The van der Waals surface area contributed by atoms with E-state index in [0.29, 0.717) is 22.4 Å². The Morgan fingerprint density at radius 3 is 2.41 bits per heavy atom. The molecule has 0 radical (unpaired) electrons. The number of aromatic hydroxyl groups is 1. The van der Waals surface area contributed by atoms with Crippen LogP contribution in [0.4, 0.5) is 0 Å². The van der Waals surface area contributed by atoms with Crippen molar-refractivity contribution in [2.45, 2.75) is 0 Å². The highest BCUT2D eigenvalue weighted by Crippen LogP contribution is 2.36. The van der Waals surface area contributed by atoms with Crippen LogP contribution in [0.3, 0.4) is 0 Å². The number of para-hydroxylation sites is 2. The molecular weight excluding hydrogens is 216 g/mol. The van der Waals surface area contributed by atoms with Gasteiger partial charge in [-0.05, 0) is 12.1 Å². The molecule has 1 N–H and O–H groups in total. The zero-order valence-corrected chi connectivity index (χ0v) is 9.38. The molecule has 0 spiro atoms. The molecule has 0 aliphatic heterocycles. The van der Waals surface area contributed by atoms with E-state index in [1.54, 1.807) is 36.4 Å². The molecule has 0 aromatic heterocycles. The second-order valence-electron chi connectivity index (χ2n) is 3.56. The number of ether oxygens (including phenoxy) is 1. The Labute approximate surface area is 99.3 Å². The molecule has 2 aromatic rings. The van der Waals surface area contributed by atoms with E-state index in [1.807, 2.05) is 6.07 Å². The van der Waals surface area contributed by atoms with Crippen molar-refractivity contribution in [1.29, 1.82) is 0 Å². The first kappa shape index (κ1) is 11.2. The van der Waals surface area contributed by atoms with Crippen LogP contribution in [0.15, 0.2) is 42.5 Å². The van der Waals surface area contributed by atoms with Gasteiger partial charge in [-0.3, -0.25) is 4.79 Å². The van der Waals surface area contributed by atoms with Crippen molar-refractivity contribution in [3.8, 4) is 22.6 Å². The third-order valence-corrected chi connectivity index (χ3v) is 2.57. The van der Waals surface area contributed by atoms with Gasteiger partial charge < -0.3 is 9.84 Å². The van der Waals surface area contributed by atoms with Crippen molar-refractivity contribution in [1.82, 2.24) is 0 Å². The van der Waals surface area contributed by atoms with E-state index >= 15 is 0 Å². The van der Waals surface area contributed by atoms with Crippen molar-refractivity contribution >= 4 is 6.29 Å². The van der Waals surface area contributed by atoms with Gasteiger partial charge in [-0.1, -0.05) is 30.3 Å². The molecule has 0 saturated heterocycles. The largest absolute Gasteiger partial charge is 0.507 e. The van der Waals surface area contributed by atoms with Crippen LogP contribution in [0.5, 0.6) is 11.5 Å². The van der Waals surface area contributed by atoms with Gasteiger partial charge >= 0.3 is 0 Å². The summed E-state index contributed by atoms with van der Waals surface area (Å²) < 4.78 is 5.23. The minimum atomic E-state index is 0.161. The average molecular weight is 228 g/mol. The lowest BCUT2D eigenvalue weighted by molar-refractivity contribution is 0.112. The SMILES string of the molecule is COc1c(C=O)cccc1-c1ccccc1O. The fourth-order valence-corrected chi connectivity index (χ4v) is 1.79. The van der Waals surface area contributed by atoms with E-state index in [9.17, 15) is 9.90 Å². The number of phenols is 1. The van der Waals surface area contributed by atoms with Crippen LogP contribution in [0.2, 0.25) is 0 Å². The van der Waals surface area contributed by atoms with Gasteiger partial charge in [0.05, 0.1) is 12.7 Å². The topological polar surface area (TPSA) is 46.5 Å². The van der Waals surface area contributed by atoms with Crippen LogP contribution in [0, 0.1) is 0 Å². The van der Waals surface area contributed by atoms with E-state index < -0.39 is 0 Å². The molecule has 0 atom stereocenters. The Balaban J connectivity index is 2.67. The zero-order chi connectivity index (χ0) is 12.3. The molecule has 0 fully saturated rings. The molecule has 0 amide bonds. The predicted octanol–water partition coefficient (Wildman–Crippen LogP) is 2.88. The molecule has 0 aliphatic rings. The smallest absolute Gasteiger partial charge is 0.153 e. The van der Waals surface area contributed by atoms with Gasteiger partial charge in [0, 0.05) is 11.1 Å². The lowest BCUT2D eigenvalue weighted by Crippen LogP contribution is -1.93. The molecule has 0 aliphatic carbocycles. The van der Waals surface area contributed by atoms with Crippen molar-refractivity contribution < 1.29 is 14.6 Å². The van der Waals surface area contributed by atoms with Gasteiger partial charge in [-0.15, -0.1) is 0 Å². The first-order chi connectivity index (χ1) is 8.27. The molecule has 0 saturated carbocycles. The van der Waals surface area contributed by atoms with Crippen LogP contribution in [-0.2, 0) is 0 Å². The molecule has 17 heavy (non-hydrogen) atoms. The summed E-state index contributed by atoms with van der Waals surface area (Å²) in [7, 11) is 1.51. The molecule has 2 rings (SSSR count). The van der Waals surface area contributed by atoms with E-state index in [1.165, 1.54) is 7.11 Å². The van der Waals surface area contributed by atoms with Crippen molar-refractivity contribution in [3.63, 3.8) is 0 Å².